The van der Waals surface area contributed by atoms with E-state index in [0.29, 0.717) is 19.8 Å². The van der Waals surface area contributed by atoms with Crippen LogP contribution in [0.25, 0.3) is 0 Å². The number of benzene rings is 1. The lowest BCUT2D eigenvalue weighted by Gasteiger charge is -2.22. The number of anilines is 1. The minimum atomic E-state index is -0.272. The van der Waals surface area contributed by atoms with Gasteiger partial charge in [0.15, 0.2) is 0 Å². The number of morpholine rings is 1. The van der Waals surface area contributed by atoms with Gasteiger partial charge < -0.3 is 20.1 Å². The maximum Gasteiger partial charge on any atom is 0.243 e. The van der Waals surface area contributed by atoms with Crippen molar-refractivity contribution in [1.82, 2.24) is 5.32 Å². The summed E-state index contributed by atoms with van der Waals surface area (Å²) in [5.41, 5.74) is 0.753. The van der Waals surface area contributed by atoms with Gasteiger partial charge in [0.05, 0.1) is 20.3 Å². The number of carbonyl (C=O) groups is 1. The molecular weight excluding hydrogens is 220 g/mol. The van der Waals surface area contributed by atoms with Gasteiger partial charge in [0.2, 0.25) is 5.91 Å². The molecule has 1 fully saturated rings. The number of nitrogens with one attached hydrogen (secondary N) is 2. The first-order valence-corrected chi connectivity index (χ1v) is 5.55. The minimum absolute atomic E-state index is 0.0742. The van der Waals surface area contributed by atoms with Crippen LogP contribution in [0.2, 0.25) is 0 Å². The fraction of sp³-hybridized carbons (Fsp3) is 0.417. The highest BCUT2D eigenvalue weighted by Gasteiger charge is 2.20. The molecule has 1 aromatic carbocycles. The third kappa shape index (κ3) is 3.18. The summed E-state index contributed by atoms with van der Waals surface area (Å²) in [6.07, 6.45) is 0. The van der Waals surface area contributed by atoms with Gasteiger partial charge >= 0.3 is 0 Å². The van der Waals surface area contributed by atoms with Crippen molar-refractivity contribution in [2.24, 2.45) is 0 Å². The van der Waals surface area contributed by atoms with Crippen molar-refractivity contribution in [1.29, 1.82) is 0 Å². The van der Waals surface area contributed by atoms with E-state index in [-0.39, 0.29) is 11.9 Å². The SMILES string of the molecule is COc1ccc(NC(=O)C2COCCN2)cc1. The molecule has 0 saturated carbocycles. The summed E-state index contributed by atoms with van der Waals surface area (Å²) in [6, 6.07) is 6.95. The topological polar surface area (TPSA) is 59.6 Å². The zero-order valence-electron chi connectivity index (χ0n) is 9.73. The molecule has 0 aliphatic carbocycles. The van der Waals surface area contributed by atoms with Gasteiger partial charge in [-0.25, -0.2) is 0 Å². The Morgan fingerprint density at radius 3 is 2.82 bits per heavy atom. The molecule has 1 heterocycles. The Hall–Kier alpha value is -1.59. The van der Waals surface area contributed by atoms with Crippen LogP contribution in [0.5, 0.6) is 5.75 Å². The molecule has 1 atom stereocenters. The molecule has 5 nitrogen and oxygen atoms in total. The van der Waals surface area contributed by atoms with Crippen molar-refractivity contribution in [2.75, 3.05) is 32.2 Å². The van der Waals surface area contributed by atoms with Gasteiger partial charge in [0.25, 0.3) is 0 Å². The molecule has 0 radical (unpaired) electrons. The molecule has 1 saturated heterocycles. The first-order chi connectivity index (χ1) is 8.29. The quantitative estimate of drug-likeness (QED) is 0.808. The number of rotatable bonds is 3. The summed E-state index contributed by atoms with van der Waals surface area (Å²) in [5.74, 6) is 0.692. The van der Waals surface area contributed by atoms with Gasteiger partial charge in [-0.3, -0.25) is 4.79 Å². The monoisotopic (exact) mass is 236 g/mol. The van der Waals surface area contributed by atoms with Crippen LogP contribution in [0.4, 0.5) is 5.69 Å². The molecule has 1 aliphatic rings. The molecule has 0 spiro atoms. The van der Waals surface area contributed by atoms with E-state index in [0.717, 1.165) is 11.4 Å². The predicted octanol–water partition coefficient (Wildman–Crippen LogP) is 0.622. The van der Waals surface area contributed by atoms with Crippen molar-refractivity contribution >= 4 is 11.6 Å². The fourth-order valence-corrected chi connectivity index (χ4v) is 1.64. The highest BCUT2D eigenvalue weighted by molar-refractivity contribution is 5.95. The Bertz CT molecular complexity index is 372. The molecule has 2 rings (SSSR count). The maximum absolute atomic E-state index is 11.8. The predicted molar refractivity (Wildman–Crippen MR) is 64.2 cm³/mol. The van der Waals surface area contributed by atoms with E-state index in [1.54, 1.807) is 31.4 Å². The second-order valence-corrected chi connectivity index (χ2v) is 3.80. The molecule has 17 heavy (non-hydrogen) atoms. The Morgan fingerprint density at radius 2 is 2.24 bits per heavy atom. The Labute approximate surface area is 100 Å². The van der Waals surface area contributed by atoms with Crippen LogP contribution in [-0.4, -0.2) is 38.8 Å². The fourth-order valence-electron chi connectivity index (χ4n) is 1.64. The number of hydrogen-bond donors (Lipinski definition) is 2. The van der Waals surface area contributed by atoms with Gasteiger partial charge in [0, 0.05) is 12.2 Å². The van der Waals surface area contributed by atoms with Gasteiger partial charge in [-0.1, -0.05) is 0 Å². The second-order valence-electron chi connectivity index (χ2n) is 3.80. The third-order valence-corrected chi connectivity index (χ3v) is 2.60. The summed E-state index contributed by atoms with van der Waals surface area (Å²) in [5, 5.41) is 5.93. The zero-order valence-corrected chi connectivity index (χ0v) is 9.73. The van der Waals surface area contributed by atoms with Crippen molar-refractivity contribution in [2.45, 2.75) is 6.04 Å². The van der Waals surface area contributed by atoms with Crippen molar-refractivity contribution in [3.05, 3.63) is 24.3 Å². The van der Waals surface area contributed by atoms with E-state index in [4.69, 9.17) is 9.47 Å². The molecule has 5 heteroatoms. The smallest absolute Gasteiger partial charge is 0.243 e. The summed E-state index contributed by atoms with van der Waals surface area (Å²) in [4.78, 5) is 11.8. The van der Waals surface area contributed by atoms with Crippen molar-refractivity contribution < 1.29 is 14.3 Å². The average Bonchev–Trinajstić information content (AvgIpc) is 2.40. The number of ether oxygens (including phenoxy) is 2. The van der Waals surface area contributed by atoms with Gasteiger partial charge in [-0.15, -0.1) is 0 Å². The van der Waals surface area contributed by atoms with Crippen LogP contribution in [0.3, 0.4) is 0 Å². The molecule has 0 bridgehead atoms. The Kier molecular flexibility index (Phi) is 3.95. The lowest BCUT2D eigenvalue weighted by Crippen LogP contribution is -2.48. The number of amides is 1. The van der Waals surface area contributed by atoms with Gasteiger partial charge in [-0.05, 0) is 24.3 Å². The molecule has 2 N–H and O–H groups in total. The maximum atomic E-state index is 11.8. The van der Waals surface area contributed by atoms with Crippen LogP contribution in [0.1, 0.15) is 0 Å². The summed E-state index contributed by atoms with van der Waals surface area (Å²) < 4.78 is 10.3. The number of hydrogen-bond acceptors (Lipinski definition) is 4. The summed E-state index contributed by atoms with van der Waals surface area (Å²) in [6.45, 7) is 1.79. The van der Waals surface area contributed by atoms with E-state index in [1.165, 1.54) is 0 Å². The molecule has 1 amide bonds. The first kappa shape index (κ1) is 11.9. The molecule has 0 aromatic heterocycles. The van der Waals surface area contributed by atoms with E-state index in [1.807, 2.05) is 0 Å². The van der Waals surface area contributed by atoms with Crippen molar-refractivity contribution in [3.63, 3.8) is 0 Å². The molecule has 1 aliphatic heterocycles. The second kappa shape index (κ2) is 5.65. The Morgan fingerprint density at radius 1 is 1.47 bits per heavy atom. The summed E-state index contributed by atoms with van der Waals surface area (Å²) in [7, 11) is 1.61. The van der Waals surface area contributed by atoms with Gasteiger partial charge in [0.1, 0.15) is 11.8 Å². The number of carbonyl (C=O) groups excluding carboxylic acids is 1. The molecule has 92 valence electrons. The van der Waals surface area contributed by atoms with Crippen LogP contribution >= 0.6 is 0 Å². The van der Waals surface area contributed by atoms with E-state index in [2.05, 4.69) is 10.6 Å². The summed E-state index contributed by atoms with van der Waals surface area (Å²) >= 11 is 0. The van der Waals surface area contributed by atoms with E-state index < -0.39 is 0 Å². The van der Waals surface area contributed by atoms with Crippen LogP contribution in [0, 0.1) is 0 Å². The Balaban J connectivity index is 1.92. The minimum Gasteiger partial charge on any atom is -0.497 e. The van der Waals surface area contributed by atoms with E-state index >= 15 is 0 Å². The van der Waals surface area contributed by atoms with Crippen LogP contribution < -0.4 is 15.4 Å². The van der Waals surface area contributed by atoms with Crippen LogP contribution in [0.15, 0.2) is 24.3 Å². The van der Waals surface area contributed by atoms with Crippen LogP contribution in [-0.2, 0) is 9.53 Å². The zero-order chi connectivity index (χ0) is 12.1. The lowest BCUT2D eigenvalue weighted by molar-refractivity contribution is -0.120. The normalized spacial score (nSPS) is 19.7. The first-order valence-electron chi connectivity index (χ1n) is 5.55. The number of methoxy groups -OCH3 is 1. The van der Waals surface area contributed by atoms with E-state index in [9.17, 15) is 4.79 Å². The standard InChI is InChI=1S/C12H16N2O3/c1-16-10-4-2-9(3-5-10)14-12(15)11-8-17-7-6-13-11/h2-5,11,13H,6-8H2,1H3,(H,14,15). The highest BCUT2D eigenvalue weighted by atomic mass is 16.5. The largest absolute Gasteiger partial charge is 0.497 e. The third-order valence-electron chi connectivity index (χ3n) is 2.60. The lowest BCUT2D eigenvalue weighted by atomic mass is 10.2. The highest BCUT2D eigenvalue weighted by Crippen LogP contribution is 2.15. The average molecular weight is 236 g/mol. The van der Waals surface area contributed by atoms with Gasteiger partial charge in [-0.2, -0.15) is 0 Å². The van der Waals surface area contributed by atoms with Crippen molar-refractivity contribution in [3.8, 4) is 5.75 Å². The molecular formula is C12H16N2O3. The molecule has 1 aromatic rings. The molecule has 1 unspecified atom stereocenters.